The molecule has 20 heavy (non-hydrogen) atoms. The van der Waals surface area contributed by atoms with Crippen molar-refractivity contribution in [3.8, 4) is 11.5 Å². The first kappa shape index (κ1) is 14.4. The lowest BCUT2D eigenvalue weighted by molar-refractivity contribution is -0.384. The molecule has 0 saturated carbocycles. The average molecular weight is 313 g/mol. The molecule has 2 rings (SSSR count). The first-order valence-corrected chi connectivity index (χ1v) is 6.36. The lowest BCUT2D eigenvalue weighted by Crippen LogP contribution is -1.97. The summed E-state index contributed by atoms with van der Waals surface area (Å²) in [6.45, 7) is 0. The number of nitro benzene ring substituents is 1. The highest BCUT2D eigenvalue weighted by molar-refractivity contribution is 6.42. The van der Waals surface area contributed by atoms with Crippen LogP contribution in [0.5, 0.6) is 11.5 Å². The number of nitrogens with one attached hydrogen (secondary N) is 1. The zero-order chi connectivity index (χ0) is 14.7. The molecule has 0 saturated heterocycles. The molecule has 0 heterocycles. The second-order valence-electron chi connectivity index (χ2n) is 3.84. The van der Waals surface area contributed by atoms with Gasteiger partial charge in [-0.25, -0.2) is 0 Å². The quantitative estimate of drug-likeness (QED) is 0.654. The molecule has 0 amide bonds. The third kappa shape index (κ3) is 2.95. The van der Waals surface area contributed by atoms with E-state index in [0.29, 0.717) is 27.2 Å². The summed E-state index contributed by atoms with van der Waals surface area (Å²) in [7, 11) is 1.60. The minimum absolute atomic E-state index is 0.0305. The molecule has 2 aromatic rings. The Morgan fingerprint density at radius 2 is 2.00 bits per heavy atom. The van der Waals surface area contributed by atoms with E-state index >= 15 is 0 Å². The Bertz CT molecular complexity index is 662. The molecular formula is C13H10Cl2N2O3. The van der Waals surface area contributed by atoms with Gasteiger partial charge in [-0.05, 0) is 18.2 Å². The summed E-state index contributed by atoms with van der Waals surface area (Å²) in [5, 5.41) is 14.2. The summed E-state index contributed by atoms with van der Waals surface area (Å²) in [4.78, 5) is 10.4. The van der Waals surface area contributed by atoms with E-state index in [9.17, 15) is 10.1 Å². The van der Waals surface area contributed by atoms with Crippen LogP contribution in [-0.2, 0) is 0 Å². The summed E-state index contributed by atoms with van der Waals surface area (Å²) >= 11 is 11.9. The molecule has 7 heteroatoms. The number of benzene rings is 2. The van der Waals surface area contributed by atoms with Crippen molar-refractivity contribution in [2.24, 2.45) is 0 Å². The number of nitro groups is 1. The van der Waals surface area contributed by atoms with Crippen LogP contribution in [0.3, 0.4) is 0 Å². The monoisotopic (exact) mass is 312 g/mol. The molecule has 0 unspecified atom stereocenters. The predicted octanol–water partition coefficient (Wildman–Crippen LogP) is 4.74. The van der Waals surface area contributed by atoms with Crippen LogP contribution in [0.15, 0.2) is 36.4 Å². The topological polar surface area (TPSA) is 64.4 Å². The van der Waals surface area contributed by atoms with Crippen LogP contribution >= 0.6 is 23.2 Å². The Kier molecular flexibility index (Phi) is 4.32. The number of halogens is 2. The van der Waals surface area contributed by atoms with Crippen molar-refractivity contribution in [2.45, 2.75) is 0 Å². The van der Waals surface area contributed by atoms with Gasteiger partial charge in [0, 0.05) is 19.2 Å². The van der Waals surface area contributed by atoms with Crippen molar-refractivity contribution in [1.82, 2.24) is 0 Å². The van der Waals surface area contributed by atoms with Crippen LogP contribution in [0.25, 0.3) is 0 Å². The Balaban J connectivity index is 2.35. The van der Waals surface area contributed by atoms with Gasteiger partial charge in [0.2, 0.25) is 0 Å². The third-order valence-electron chi connectivity index (χ3n) is 2.58. The summed E-state index contributed by atoms with van der Waals surface area (Å²) in [6.07, 6.45) is 0. The van der Waals surface area contributed by atoms with Crippen LogP contribution in [0, 0.1) is 10.1 Å². The van der Waals surface area contributed by atoms with E-state index in [1.165, 1.54) is 18.2 Å². The van der Waals surface area contributed by atoms with Gasteiger partial charge in [0.05, 0.1) is 9.95 Å². The van der Waals surface area contributed by atoms with Gasteiger partial charge in [0.1, 0.15) is 22.2 Å². The van der Waals surface area contributed by atoms with E-state index in [1.54, 1.807) is 25.2 Å². The molecule has 5 nitrogen and oxygen atoms in total. The van der Waals surface area contributed by atoms with E-state index in [2.05, 4.69) is 5.32 Å². The standard InChI is InChI=1S/C13H10Cl2N2O3/c1-16-10-7-8(5-6-11(10)17(18)19)20-12-4-2-3-9(14)13(12)15/h2-7,16H,1H3. The minimum atomic E-state index is -0.470. The van der Waals surface area contributed by atoms with Gasteiger partial charge in [-0.1, -0.05) is 29.3 Å². The molecule has 0 aliphatic heterocycles. The maximum Gasteiger partial charge on any atom is 0.292 e. The number of hydrogen-bond acceptors (Lipinski definition) is 4. The number of anilines is 1. The molecule has 0 aliphatic carbocycles. The Hall–Kier alpha value is -1.98. The molecule has 0 atom stereocenters. The fourth-order valence-corrected chi connectivity index (χ4v) is 1.96. The second kappa shape index (κ2) is 5.98. The van der Waals surface area contributed by atoms with Crippen molar-refractivity contribution >= 4 is 34.6 Å². The van der Waals surface area contributed by atoms with Crippen molar-refractivity contribution in [3.05, 3.63) is 56.6 Å². The van der Waals surface area contributed by atoms with Gasteiger partial charge >= 0.3 is 0 Å². The molecule has 2 aromatic carbocycles. The lowest BCUT2D eigenvalue weighted by atomic mass is 10.2. The fraction of sp³-hybridized carbons (Fsp3) is 0.0769. The maximum atomic E-state index is 10.8. The normalized spacial score (nSPS) is 10.2. The second-order valence-corrected chi connectivity index (χ2v) is 4.63. The zero-order valence-electron chi connectivity index (χ0n) is 10.4. The fourth-order valence-electron chi connectivity index (χ4n) is 1.63. The summed E-state index contributed by atoms with van der Waals surface area (Å²) in [6, 6.07) is 9.39. The first-order chi connectivity index (χ1) is 9.52. The van der Waals surface area contributed by atoms with Crippen LogP contribution in [0.4, 0.5) is 11.4 Å². The van der Waals surface area contributed by atoms with E-state index in [4.69, 9.17) is 27.9 Å². The van der Waals surface area contributed by atoms with Crippen LogP contribution in [0.2, 0.25) is 10.0 Å². The smallest absolute Gasteiger partial charge is 0.292 e. The molecule has 0 bridgehead atoms. The van der Waals surface area contributed by atoms with E-state index in [0.717, 1.165) is 0 Å². The van der Waals surface area contributed by atoms with Crippen molar-refractivity contribution in [1.29, 1.82) is 0 Å². The highest BCUT2D eigenvalue weighted by atomic mass is 35.5. The van der Waals surface area contributed by atoms with Crippen LogP contribution < -0.4 is 10.1 Å². The van der Waals surface area contributed by atoms with E-state index < -0.39 is 4.92 Å². The Morgan fingerprint density at radius 3 is 2.65 bits per heavy atom. The molecule has 0 fully saturated rings. The van der Waals surface area contributed by atoms with Gasteiger partial charge in [0.25, 0.3) is 5.69 Å². The molecule has 0 aromatic heterocycles. The molecule has 1 N–H and O–H groups in total. The van der Waals surface area contributed by atoms with Crippen LogP contribution in [-0.4, -0.2) is 12.0 Å². The van der Waals surface area contributed by atoms with Crippen molar-refractivity contribution < 1.29 is 9.66 Å². The molecular weight excluding hydrogens is 303 g/mol. The van der Waals surface area contributed by atoms with E-state index in [1.807, 2.05) is 0 Å². The summed E-state index contributed by atoms with van der Waals surface area (Å²) in [5.41, 5.74) is 0.322. The van der Waals surface area contributed by atoms with Crippen molar-refractivity contribution in [2.75, 3.05) is 12.4 Å². The van der Waals surface area contributed by atoms with E-state index in [-0.39, 0.29) is 5.69 Å². The minimum Gasteiger partial charge on any atom is -0.456 e. The van der Waals surface area contributed by atoms with Gasteiger partial charge in [-0.3, -0.25) is 10.1 Å². The lowest BCUT2D eigenvalue weighted by Gasteiger charge is -2.10. The zero-order valence-corrected chi connectivity index (χ0v) is 11.9. The third-order valence-corrected chi connectivity index (χ3v) is 3.38. The number of nitrogens with zero attached hydrogens (tertiary/aromatic N) is 1. The summed E-state index contributed by atoms with van der Waals surface area (Å²) in [5.74, 6) is 0.805. The highest BCUT2D eigenvalue weighted by Crippen LogP contribution is 2.36. The van der Waals surface area contributed by atoms with Gasteiger partial charge in [-0.15, -0.1) is 0 Å². The average Bonchev–Trinajstić information content (AvgIpc) is 2.43. The number of rotatable bonds is 4. The molecule has 104 valence electrons. The first-order valence-electron chi connectivity index (χ1n) is 5.61. The molecule has 0 spiro atoms. The van der Waals surface area contributed by atoms with Gasteiger partial charge in [-0.2, -0.15) is 0 Å². The molecule has 0 aliphatic rings. The van der Waals surface area contributed by atoms with Gasteiger partial charge < -0.3 is 10.1 Å². The van der Waals surface area contributed by atoms with Gasteiger partial charge in [0.15, 0.2) is 0 Å². The predicted molar refractivity (Wildman–Crippen MR) is 79.2 cm³/mol. The number of ether oxygens (including phenoxy) is 1. The number of hydrogen-bond donors (Lipinski definition) is 1. The highest BCUT2D eigenvalue weighted by Gasteiger charge is 2.14. The summed E-state index contributed by atoms with van der Waals surface area (Å²) < 4.78 is 5.59. The maximum absolute atomic E-state index is 10.8. The van der Waals surface area contributed by atoms with Crippen molar-refractivity contribution in [3.63, 3.8) is 0 Å². The Morgan fingerprint density at radius 1 is 1.25 bits per heavy atom. The SMILES string of the molecule is CNc1cc(Oc2cccc(Cl)c2Cl)ccc1[N+](=O)[O-]. The van der Waals surface area contributed by atoms with Crippen LogP contribution in [0.1, 0.15) is 0 Å². The largest absolute Gasteiger partial charge is 0.456 e. The molecule has 0 radical (unpaired) electrons. The Labute approximate surface area is 125 Å².